The first-order valence-electron chi connectivity index (χ1n) is 3.81. The molecule has 2 nitrogen and oxygen atoms in total. The SMILES string of the molecule is Cc1cc(C)c([13C]#[N+][O-])c(C)c1. The number of hydrogen-bond donors (Lipinski definition) is 0. The second-order valence-corrected chi connectivity index (χ2v) is 2.98. The minimum absolute atomic E-state index is 0.815. The second-order valence-electron chi connectivity index (χ2n) is 2.98. The second kappa shape index (κ2) is 3.27. The summed E-state index contributed by atoms with van der Waals surface area (Å²) in [6.07, 6.45) is 0. The van der Waals surface area contributed by atoms with Crippen LogP contribution in [0.3, 0.4) is 0 Å². The van der Waals surface area contributed by atoms with Crippen LogP contribution in [-0.4, -0.2) is 0 Å². The predicted octanol–water partition coefficient (Wildman–Crippen LogP) is 2.79. The van der Waals surface area contributed by atoms with Gasteiger partial charge in [0.25, 0.3) is 0 Å². The van der Waals surface area contributed by atoms with E-state index in [4.69, 9.17) is 0 Å². The first-order valence-corrected chi connectivity index (χ1v) is 3.81. The molecule has 62 valence electrons. The molecule has 0 atom stereocenters. The van der Waals surface area contributed by atoms with Crippen LogP contribution in [0.1, 0.15) is 22.3 Å². The highest BCUT2D eigenvalue weighted by Crippen LogP contribution is 2.14. The molecular weight excluding hydrogens is 151 g/mol. The normalized spacial score (nSPS) is 8.92. The van der Waals surface area contributed by atoms with Crippen molar-refractivity contribution in [3.63, 3.8) is 0 Å². The highest BCUT2D eigenvalue weighted by molar-refractivity contribution is 5.46. The molecule has 1 rings (SSSR count). The molecule has 0 N–H and O–H groups in total. The van der Waals surface area contributed by atoms with Crippen LogP contribution in [0.2, 0.25) is 0 Å². The fourth-order valence-corrected chi connectivity index (χ4v) is 1.40. The zero-order chi connectivity index (χ0) is 9.14. The zero-order valence-electron chi connectivity index (χ0n) is 7.51. The van der Waals surface area contributed by atoms with E-state index in [1.807, 2.05) is 32.9 Å². The van der Waals surface area contributed by atoms with Crippen LogP contribution in [0.5, 0.6) is 0 Å². The first-order chi connectivity index (χ1) is 5.65. The van der Waals surface area contributed by atoms with E-state index in [2.05, 4.69) is 11.1 Å². The summed E-state index contributed by atoms with van der Waals surface area (Å²) in [5.41, 5.74) is 4.11. The van der Waals surface area contributed by atoms with Gasteiger partial charge in [-0.05, 0) is 31.9 Å². The maximum absolute atomic E-state index is 10.0. The minimum Gasteiger partial charge on any atom is -0.498 e. The Morgan fingerprint density at radius 3 is 2.08 bits per heavy atom. The molecule has 0 aliphatic heterocycles. The van der Waals surface area contributed by atoms with Gasteiger partial charge in [0.2, 0.25) is 0 Å². The summed E-state index contributed by atoms with van der Waals surface area (Å²) in [6.45, 7) is 5.93. The summed E-state index contributed by atoms with van der Waals surface area (Å²) in [7, 11) is 0. The molecule has 12 heavy (non-hydrogen) atoms. The van der Waals surface area contributed by atoms with Gasteiger partial charge in [-0.1, -0.05) is 17.7 Å². The molecule has 0 saturated heterocycles. The Balaban J connectivity index is 3.34. The van der Waals surface area contributed by atoms with Gasteiger partial charge in [0.05, 0.1) is 0 Å². The third-order valence-corrected chi connectivity index (χ3v) is 1.83. The number of rotatable bonds is 0. The Kier molecular flexibility index (Phi) is 2.35. The van der Waals surface area contributed by atoms with Crippen molar-refractivity contribution < 1.29 is 0 Å². The van der Waals surface area contributed by atoms with E-state index in [0.717, 1.165) is 16.7 Å². The molecule has 2 heteroatoms. The van der Waals surface area contributed by atoms with Gasteiger partial charge >= 0.3 is 6.07 Å². The number of aryl methyl sites for hydroxylation is 3. The summed E-state index contributed by atoms with van der Waals surface area (Å²) >= 11 is 0. The minimum atomic E-state index is 0.815. The van der Waals surface area contributed by atoms with E-state index in [0.29, 0.717) is 0 Å². The van der Waals surface area contributed by atoms with Crippen LogP contribution < -0.4 is 0 Å². The van der Waals surface area contributed by atoms with Crippen molar-refractivity contribution in [2.24, 2.45) is 0 Å². The van der Waals surface area contributed by atoms with Gasteiger partial charge in [0.1, 0.15) is 5.56 Å². The van der Waals surface area contributed by atoms with Gasteiger partial charge in [-0.15, -0.1) is 0 Å². The lowest BCUT2D eigenvalue weighted by Gasteiger charge is -2.00. The first kappa shape index (κ1) is 8.61. The Labute approximate surface area is 72.2 Å². The van der Waals surface area contributed by atoms with Crippen molar-refractivity contribution >= 4 is 0 Å². The van der Waals surface area contributed by atoms with Crippen LogP contribution in [0.25, 0.3) is 5.01 Å². The van der Waals surface area contributed by atoms with Gasteiger partial charge in [-0.3, -0.25) is 0 Å². The Bertz CT molecular complexity index is 335. The average molecular weight is 162 g/mol. The number of hydrogen-bond acceptors (Lipinski definition) is 1. The molecule has 0 saturated carbocycles. The van der Waals surface area contributed by atoms with Crippen LogP contribution in [0, 0.1) is 32.0 Å². The molecule has 1 aromatic carbocycles. The molecule has 0 spiro atoms. The number of benzene rings is 1. The van der Waals surface area contributed by atoms with Crippen molar-refractivity contribution in [2.45, 2.75) is 20.8 Å². The third-order valence-electron chi connectivity index (χ3n) is 1.83. The van der Waals surface area contributed by atoms with Gasteiger partial charge in [-0.25, -0.2) is 0 Å². The van der Waals surface area contributed by atoms with Crippen molar-refractivity contribution in [2.75, 3.05) is 0 Å². The largest absolute Gasteiger partial charge is 0.498 e. The maximum Gasteiger partial charge on any atom is 0.337 e. The highest BCUT2D eigenvalue weighted by atomic mass is 16.4. The summed E-state index contributed by atoms with van der Waals surface area (Å²) in [6, 6.07) is 6.47. The fourth-order valence-electron chi connectivity index (χ4n) is 1.40. The van der Waals surface area contributed by atoms with E-state index in [9.17, 15) is 5.21 Å². The van der Waals surface area contributed by atoms with Crippen molar-refractivity contribution in [3.8, 4) is 6.07 Å². The van der Waals surface area contributed by atoms with Gasteiger partial charge in [-0.2, -0.15) is 0 Å². The van der Waals surface area contributed by atoms with Crippen molar-refractivity contribution in [1.29, 1.82) is 0 Å². The quantitative estimate of drug-likeness (QED) is 0.425. The van der Waals surface area contributed by atoms with Crippen LogP contribution in [0.15, 0.2) is 12.1 Å². The van der Waals surface area contributed by atoms with E-state index in [-0.39, 0.29) is 0 Å². The van der Waals surface area contributed by atoms with Crippen molar-refractivity contribution in [1.82, 2.24) is 0 Å². The average Bonchev–Trinajstić information content (AvgIpc) is 1.96. The van der Waals surface area contributed by atoms with E-state index in [1.165, 1.54) is 5.56 Å². The van der Waals surface area contributed by atoms with Crippen LogP contribution >= 0.6 is 0 Å². The molecular formula is C10H11NO. The molecule has 0 aliphatic rings. The van der Waals surface area contributed by atoms with Gasteiger partial charge in [0.15, 0.2) is 0 Å². The molecule has 0 bridgehead atoms. The zero-order valence-corrected chi connectivity index (χ0v) is 7.51. The number of nitrogens with zero attached hydrogens (tertiary/aromatic N) is 1. The van der Waals surface area contributed by atoms with Gasteiger partial charge in [0, 0.05) is 5.01 Å². The summed E-state index contributed by atoms with van der Waals surface area (Å²) in [5, 5.41) is 12.7. The topological polar surface area (TPSA) is 27.4 Å². The monoisotopic (exact) mass is 162 g/mol. The van der Waals surface area contributed by atoms with Crippen molar-refractivity contribution in [3.05, 3.63) is 44.6 Å². The summed E-state index contributed by atoms with van der Waals surface area (Å²) in [5.74, 6) is 0. The molecule has 0 radical (unpaired) electrons. The van der Waals surface area contributed by atoms with Crippen LogP contribution in [0.4, 0.5) is 0 Å². The van der Waals surface area contributed by atoms with E-state index < -0.39 is 0 Å². The fraction of sp³-hybridized carbons (Fsp3) is 0.300. The van der Waals surface area contributed by atoms with Crippen LogP contribution in [-0.2, 0) is 0 Å². The predicted molar refractivity (Wildman–Crippen MR) is 50.4 cm³/mol. The van der Waals surface area contributed by atoms with E-state index >= 15 is 0 Å². The Morgan fingerprint density at radius 2 is 1.67 bits per heavy atom. The standard InChI is InChI=1S/C10H11NO/c1-7-4-8(2)10(6-11-12)9(3)5-7/h4-5H,1-3H3/i6+1. The Hall–Kier alpha value is -1.49. The van der Waals surface area contributed by atoms with Gasteiger partial charge < -0.3 is 5.21 Å². The summed E-state index contributed by atoms with van der Waals surface area (Å²) < 4.78 is 0. The molecule has 0 aromatic heterocycles. The molecule has 0 aliphatic carbocycles. The smallest absolute Gasteiger partial charge is 0.337 e. The molecule has 0 fully saturated rings. The summed E-state index contributed by atoms with van der Waals surface area (Å²) in [4.78, 5) is 0. The molecule has 1 aromatic rings. The third kappa shape index (κ3) is 1.57. The lowest BCUT2D eigenvalue weighted by molar-refractivity contribution is 1.29. The highest BCUT2D eigenvalue weighted by Gasteiger charge is 2.04. The van der Waals surface area contributed by atoms with E-state index in [1.54, 1.807) is 0 Å². The maximum atomic E-state index is 10.0. The molecule has 0 unspecified atom stereocenters. The molecule has 0 amide bonds. The molecule has 0 heterocycles. The Morgan fingerprint density at radius 1 is 1.17 bits per heavy atom. The lowest BCUT2D eigenvalue weighted by Crippen LogP contribution is -1.88. The lowest BCUT2D eigenvalue weighted by atomic mass is 10.0.